The largest absolute Gasteiger partial charge is 0.507 e. The van der Waals surface area contributed by atoms with Crippen LogP contribution in [-0.4, -0.2) is 120 Å². The highest BCUT2D eigenvalue weighted by Gasteiger charge is 2.63. The van der Waals surface area contributed by atoms with Crippen molar-refractivity contribution in [3.63, 3.8) is 0 Å². The van der Waals surface area contributed by atoms with E-state index < -0.39 is 111 Å². The molecule has 260 valence electrons. The highest BCUT2D eigenvalue weighted by atomic mass is 16.6. The first-order valence-corrected chi connectivity index (χ1v) is 15.3. The van der Waals surface area contributed by atoms with Gasteiger partial charge in [0.05, 0.1) is 42.1 Å². The molecule has 0 bridgehead atoms. The van der Waals surface area contributed by atoms with Crippen molar-refractivity contribution in [2.24, 2.45) is 0 Å². The number of carbonyl (C=O) groups is 5. The Morgan fingerprint density at radius 2 is 1.63 bits per heavy atom. The molecule has 0 saturated carbocycles. The van der Waals surface area contributed by atoms with E-state index in [0.717, 1.165) is 26.4 Å². The number of Topliss-reactive ketones (excluding diaryl/α,β-unsaturated/α-hetero) is 3. The third-order valence-electron chi connectivity index (χ3n) is 10.0. The van der Waals surface area contributed by atoms with Crippen LogP contribution in [-0.2, 0) is 30.1 Å². The lowest BCUT2D eigenvalue weighted by Crippen LogP contribution is -2.63. The minimum Gasteiger partial charge on any atom is -0.507 e. The van der Waals surface area contributed by atoms with Crippen LogP contribution in [0.4, 0.5) is 0 Å². The summed E-state index contributed by atoms with van der Waals surface area (Å²) in [6.07, 6.45) is -5.87. The number of aromatic hydroxyl groups is 2. The number of ether oxygens (including phenoxy) is 5. The lowest BCUT2D eigenvalue weighted by Gasteiger charge is -2.48. The summed E-state index contributed by atoms with van der Waals surface area (Å²) >= 11 is 0. The first-order chi connectivity index (χ1) is 23.2. The van der Waals surface area contributed by atoms with Crippen molar-refractivity contribution in [1.82, 2.24) is 5.32 Å². The van der Waals surface area contributed by atoms with Gasteiger partial charge in [0.25, 0.3) is 0 Å². The molecule has 15 heteroatoms. The molecule has 4 aliphatic rings. The van der Waals surface area contributed by atoms with Crippen LogP contribution in [0.3, 0.4) is 0 Å². The molecule has 1 saturated heterocycles. The van der Waals surface area contributed by atoms with E-state index in [9.17, 15) is 44.4 Å². The fraction of sp³-hybridized carbons (Fsp3) is 0.441. The molecule has 1 aliphatic heterocycles. The van der Waals surface area contributed by atoms with Gasteiger partial charge in [-0.2, -0.15) is 0 Å². The second-order valence-corrected chi connectivity index (χ2v) is 12.4. The number of benzene rings is 2. The second kappa shape index (κ2) is 12.1. The van der Waals surface area contributed by atoms with Gasteiger partial charge in [-0.3, -0.25) is 19.2 Å². The van der Waals surface area contributed by atoms with E-state index in [1.807, 2.05) is 0 Å². The van der Waals surface area contributed by atoms with E-state index in [2.05, 4.69) is 5.32 Å². The van der Waals surface area contributed by atoms with E-state index in [1.54, 1.807) is 6.92 Å². The third-order valence-corrected chi connectivity index (χ3v) is 10.0. The first-order valence-electron chi connectivity index (χ1n) is 15.3. The Labute approximate surface area is 279 Å². The predicted octanol–water partition coefficient (Wildman–Crippen LogP) is 0.646. The molecule has 5 N–H and O–H groups in total. The lowest BCUT2D eigenvalue weighted by molar-refractivity contribution is -0.236. The maximum Gasteiger partial charge on any atom is 0.341 e. The Hall–Kier alpha value is -4.51. The number of methoxy groups -OCH3 is 4. The smallest absolute Gasteiger partial charge is 0.341 e. The number of hydrogen-bond acceptors (Lipinski definition) is 15. The van der Waals surface area contributed by atoms with Gasteiger partial charge in [-0.25, -0.2) is 4.79 Å². The summed E-state index contributed by atoms with van der Waals surface area (Å²) in [6, 6.07) is 2.49. The Morgan fingerprint density at radius 3 is 2.24 bits per heavy atom. The highest BCUT2D eigenvalue weighted by Crippen LogP contribution is 2.54. The van der Waals surface area contributed by atoms with Crippen LogP contribution < -0.4 is 5.32 Å². The number of hydrogen-bond donors (Lipinski definition) is 5. The number of fused-ring (bicyclic) bond motifs is 5. The lowest BCUT2D eigenvalue weighted by atomic mass is 9.59. The van der Waals surface area contributed by atoms with Gasteiger partial charge in [0, 0.05) is 50.5 Å². The fourth-order valence-corrected chi connectivity index (χ4v) is 7.74. The van der Waals surface area contributed by atoms with Crippen LogP contribution in [0.1, 0.15) is 81.3 Å². The van der Waals surface area contributed by atoms with Gasteiger partial charge in [-0.15, -0.1) is 0 Å². The third kappa shape index (κ3) is 4.68. The molecule has 49 heavy (non-hydrogen) atoms. The van der Waals surface area contributed by atoms with Crippen molar-refractivity contribution in [3.8, 4) is 11.5 Å². The number of rotatable bonds is 6. The molecule has 6 rings (SSSR count). The molecule has 0 amide bonds. The maximum atomic E-state index is 14.5. The number of carbonyl (C=O) groups excluding carboxylic acids is 5. The zero-order valence-electron chi connectivity index (χ0n) is 27.4. The molecule has 2 aromatic rings. The van der Waals surface area contributed by atoms with Crippen LogP contribution in [0.15, 0.2) is 23.9 Å². The number of aliphatic hydroxyl groups excluding tert-OH is 2. The number of ketones is 4. The summed E-state index contributed by atoms with van der Waals surface area (Å²) in [4.78, 5) is 68.9. The van der Waals surface area contributed by atoms with E-state index in [0.29, 0.717) is 0 Å². The summed E-state index contributed by atoms with van der Waals surface area (Å²) in [5, 5.41) is 47.9. The number of nitrogens with one attached hydrogen (secondary N) is 1. The number of esters is 1. The maximum absolute atomic E-state index is 14.5. The van der Waals surface area contributed by atoms with Gasteiger partial charge >= 0.3 is 5.97 Å². The summed E-state index contributed by atoms with van der Waals surface area (Å²) in [5.74, 6) is -8.05. The molecule has 0 aromatic heterocycles. The number of phenolic OH excluding ortho intramolecular Hbond substituents is 2. The minimum absolute atomic E-state index is 0.161. The Bertz CT molecular complexity index is 1870. The molecule has 0 spiro atoms. The molecular weight excluding hydrogens is 646 g/mol. The molecular formula is C34H35NO14. The van der Waals surface area contributed by atoms with Crippen molar-refractivity contribution >= 4 is 29.1 Å². The van der Waals surface area contributed by atoms with Gasteiger partial charge in [-0.1, -0.05) is 6.07 Å². The van der Waals surface area contributed by atoms with Gasteiger partial charge in [0.1, 0.15) is 35.4 Å². The van der Waals surface area contributed by atoms with Crippen LogP contribution in [0.25, 0.3) is 0 Å². The van der Waals surface area contributed by atoms with Crippen molar-refractivity contribution < 1.29 is 68.1 Å². The van der Waals surface area contributed by atoms with Crippen LogP contribution in [0.2, 0.25) is 0 Å². The summed E-state index contributed by atoms with van der Waals surface area (Å²) < 4.78 is 27.0. The van der Waals surface area contributed by atoms with Gasteiger partial charge in [0.2, 0.25) is 11.6 Å². The van der Waals surface area contributed by atoms with Gasteiger partial charge in [0.15, 0.2) is 23.4 Å². The van der Waals surface area contributed by atoms with Crippen LogP contribution in [0.5, 0.6) is 11.5 Å². The second-order valence-electron chi connectivity index (χ2n) is 12.4. The highest BCUT2D eigenvalue weighted by molar-refractivity contribution is 6.30. The molecule has 1 fully saturated rings. The minimum atomic E-state index is -2.39. The van der Waals surface area contributed by atoms with Crippen molar-refractivity contribution in [3.05, 3.63) is 68.4 Å². The zero-order chi connectivity index (χ0) is 35.9. The summed E-state index contributed by atoms with van der Waals surface area (Å²) in [6.45, 7) is 3.16. The molecule has 2 aromatic carbocycles. The van der Waals surface area contributed by atoms with E-state index in [1.165, 1.54) is 27.2 Å². The van der Waals surface area contributed by atoms with E-state index in [-0.39, 0.29) is 34.4 Å². The standard InChI is InChI=1S/C34H35NO14/c1-11-7-13-8-18(37)34(48-6)23(20(13)26(40)19(11)33(44)47-5)25(39)15-9-14-21(27(41)22(15)31(34)43)17(36)10-16(24(14)38)35-32-30(46-4)28(42)29(45-3)12(2)49-32/h7,9-10,12,18,23,28-30,32,35,37,40-42H,8H2,1-6H3/t12-,18+,23?,28+,29-,30+,32-,34-/m0/s1. The fourth-order valence-electron chi connectivity index (χ4n) is 7.74. The Kier molecular flexibility index (Phi) is 8.50. The van der Waals surface area contributed by atoms with Gasteiger partial charge in [-0.05, 0) is 31.0 Å². The number of phenols is 2. The van der Waals surface area contributed by atoms with Crippen molar-refractivity contribution in [2.45, 2.75) is 68.5 Å². The van der Waals surface area contributed by atoms with E-state index in [4.69, 9.17) is 23.7 Å². The van der Waals surface area contributed by atoms with Crippen molar-refractivity contribution in [2.75, 3.05) is 28.4 Å². The Balaban J connectivity index is 1.48. The monoisotopic (exact) mass is 681 g/mol. The molecule has 3 aliphatic carbocycles. The Morgan fingerprint density at radius 1 is 0.959 bits per heavy atom. The van der Waals surface area contributed by atoms with Gasteiger partial charge < -0.3 is 49.4 Å². The van der Waals surface area contributed by atoms with Crippen LogP contribution >= 0.6 is 0 Å². The summed E-state index contributed by atoms with van der Waals surface area (Å²) in [5.41, 5.74) is -4.69. The zero-order valence-corrected chi connectivity index (χ0v) is 27.4. The molecule has 1 heterocycles. The average Bonchev–Trinajstić information content (AvgIpc) is 3.05. The number of aliphatic hydroxyl groups is 2. The number of allylic oxidation sites excluding steroid dienone is 2. The molecule has 0 radical (unpaired) electrons. The first kappa shape index (κ1) is 34.4. The van der Waals surface area contributed by atoms with Crippen LogP contribution in [0, 0.1) is 6.92 Å². The van der Waals surface area contributed by atoms with Crippen molar-refractivity contribution in [1.29, 1.82) is 0 Å². The topological polar surface area (TPSA) is 224 Å². The average molecular weight is 682 g/mol. The number of aryl methyl sites for hydroxylation is 1. The molecule has 1 unspecified atom stereocenters. The summed E-state index contributed by atoms with van der Waals surface area (Å²) in [7, 11) is 4.88. The quantitative estimate of drug-likeness (QED) is 0.264. The molecule has 15 nitrogen and oxygen atoms in total. The molecule has 8 atom stereocenters. The normalized spacial score (nSPS) is 30.5. The predicted molar refractivity (Wildman–Crippen MR) is 165 cm³/mol. The SMILES string of the molecule is COC(=O)c1c(C)cc2c(c1O)C1C(=O)c3cc4c(c(O)c3C(=O)[C@]1(OC)[C@H](O)C2)C(=O)C=C(N[C@H]1O[C@@H](C)[C@H](OC)[C@@H](O)[C@H]1OC)C4=O. The van der Waals surface area contributed by atoms with E-state index >= 15 is 0 Å².